The Balaban J connectivity index is 1.87. The first-order valence-electron chi connectivity index (χ1n) is 8.33. The summed E-state index contributed by atoms with van der Waals surface area (Å²) in [6.45, 7) is 0.737. The third-order valence-electron chi connectivity index (χ3n) is 5.51. The summed E-state index contributed by atoms with van der Waals surface area (Å²) in [6, 6.07) is 5.65. The SMILES string of the molecule is COc1cc2c(cc1O)C[C@H]1c3c(cc4c(c3-2)OCO4)[C@H](O)CN1C. The van der Waals surface area contributed by atoms with Gasteiger partial charge in [-0.25, -0.2) is 0 Å². The standard InChI is InChI=1S/C19H19NO5/c1-20-7-14(22)11-6-16-19(25-8-24-16)18-10-5-15(23-2)13(21)4-9(10)3-12(20)17(11)18/h4-6,12,14,21-22H,3,7-8H2,1-2H3/t12-,14+/m0/s1. The molecule has 0 spiro atoms. The number of aromatic hydroxyl groups is 1. The molecule has 0 unspecified atom stereocenters. The Hall–Kier alpha value is -2.44. The minimum atomic E-state index is -0.565. The zero-order valence-corrected chi connectivity index (χ0v) is 14.1. The van der Waals surface area contributed by atoms with Crippen LogP contribution in [0.2, 0.25) is 0 Å². The number of β-amino-alcohol motifs (C(OH)–C–C–N with tert-alkyl or cyclic N) is 1. The summed E-state index contributed by atoms with van der Waals surface area (Å²) >= 11 is 0. The minimum absolute atomic E-state index is 0.128. The van der Waals surface area contributed by atoms with Gasteiger partial charge in [-0.1, -0.05) is 0 Å². The summed E-state index contributed by atoms with van der Waals surface area (Å²) in [5, 5.41) is 20.8. The lowest BCUT2D eigenvalue weighted by Gasteiger charge is -2.41. The summed E-state index contributed by atoms with van der Waals surface area (Å²) in [5.41, 5.74) is 4.94. The monoisotopic (exact) mass is 341 g/mol. The molecule has 2 heterocycles. The van der Waals surface area contributed by atoms with Crippen LogP contribution in [-0.2, 0) is 6.42 Å². The fourth-order valence-corrected chi connectivity index (χ4v) is 4.34. The Morgan fingerprint density at radius 1 is 1.24 bits per heavy atom. The van der Waals surface area contributed by atoms with Crippen LogP contribution in [0.15, 0.2) is 18.2 Å². The Morgan fingerprint density at radius 2 is 2.08 bits per heavy atom. The highest BCUT2D eigenvalue weighted by molar-refractivity contribution is 5.85. The maximum atomic E-state index is 10.6. The van der Waals surface area contributed by atoms with Crippen molar-refractivity contribution >= 4 is 0 Å². The minimum Gasteiger partial charge on any atom is -0.504 e. The molecule has 2 N–H and O–H groups in total. The van der Waals surface area contributed by atoms with E-state index in [0.717, 1.165) is 34.2 Å². The molecule has 2 aromatic carbocycles. The molecule has 2 aromatic rings. The molecule has 0 saturated carbocycles. The lowest BCUT2D eigenvalue weighted by atomic mass is 9.76. The highest BCUT2D eigenvalue weighted by atomic mass is 16.7. The molecule has 0 aromatic heterocycles. The average molecular weight is 341 g/mol. The first kappa shape index (κ1) is 14.9. The van der Waals surface area contributed by atoms with Crippen LogP contribution in [0.3, 0.4) is 0 Å². The number of phenolic OH excluding ortho intramolecular Hbond substituents is 1. The summed E-state index contributed by atoms with van der Waals surface area (Å²) in [6.07, 6.45) is 0.195. The van der Waals surface area contributed by atoms with Crippen LogP contribution >= 0.6 is 0 Å². The van der Waals surface area contributed by atoms with Gasteiger partial charge in [0.05, 0.1) is 13.2 Å². The first-order chi connectivity index (χ1) is 12.1. The molecule has 1 aliphatic carbocycles. The number of phenols is 1. The molecule has 5 rings (SSSR count). The molecule has 2 atom stereocenters. The first-order valence-corrected chi connectivity index (χ1v) is 8.33. The second kappa shape index (κ2) is 5.03. The number of methoxy groups -OCH3 is 1. The van der Waals surface area contributed by atoms with Crippen molar-refractivity contribution in [2.45, 2.75) is 18.6 Å². The highest BCUT2D eigenvalue weighted by Crippen LogP contribution is 2.56. The van der Waals surface area contributed by atoms with Crippen molar-refractivity contribution in [1.29, 1.82) is 0 Å². The maximum absolute atomic E-state index is 10.6. The zero-order valence-electron chi connectivity index (χ0n) is 14.1. The van der Waals surface area contributed by atoms with Crippen LogP contribution in [-0.4, -0.2) is 42.6 Å². The van der Waals surface area contributed by atoms with Crippen LogP contribution in [0.5, 0.6) is 23.0 Å². The number of aliphatic hydroxyl groups is 1. The van der Waals surface area contributed by atoms with E-state index in [9.17, 15) is 10.2 Å². The van der Waals surface area contributed by atoms with Crippen molar-refractivity contribution < 1.29 is 24.4 Å². The van der Waals surface area contributed by atoms with E-state index in [2.05, 4.69) is 4.90 Å². The van der Waals surface area contributed by atoms with Crippen molar-refractivity contribution in [3.8, 4) is 34.1 Å². The molecule has 3 aliphatic rings. The summed E-state index contributed by atoms with van der Waals surface area (Å²) < 4.78 is 16.7. The molecule has 0 radical (unpaired) electrons. The normalized spacial score (nSPS) is 23.2. The average Bonchev–Trinajstić information content (AvgIpc) is 3.06. The van der Waals surface area contributed by atoms with Gasteiger partial charge in [0.25, 0.3) is 0 Å². The molecule has 25 heavy (non-hydrogen) atoms. The van der Waals surface area contributed by atoms with E-state index in [1.54, 1.807) is 6.07 Å². The summed E-state index contributed by atoms with van der Waals surface area (Å²) in [5.74, 6) is 1.93. The second-order valence-electron chi connectivity index (χ2n) is 6.84. The smallest absolute Gasteiger partial charge is 0.231 e. The Labute approximate surface area is 145 Å². The largest absolute Gasteiger partial charge is 0.504 e. The molecule has 6 nitrogen and oxygen atoms in total. The molecule has 130 valence electrons. The van der Waals surface area contributed by atoms with E-state index in [-0.39, 0.29) is 18.6 Å². The number of rotatable bonds is 1. The van der Waals surface area contributed by atoms with Gasteiger partial charge in [0, 0.05) is 18.2 Å². The maximum Gasteiger partial charge on any atom is 0.231 e. The van der Waals surface area contributed by atoms with E-state index in [1.807, 2.05) is 19.2 Å². The topological polar surface area (TPSA) is 71.4 Å². The number of likely N-dealkylation sites (N-methyl/N-ethyl adjacent to an activating group) is 1. The number of hydrogen-bond donors (Lipinski definition) is 2. The molecule has 0 bridgehead atoms. The van der Waals surface area contributed by atoms with Gasteiger partial charge < -0.3 is 24.4 Å². The third kappa shape index (κ3) is 1.92. The predicted molar refractivity (Wildman–Crippen MR) is 90.3 cm³/mol. The van der Waals surface area contributed by atoms with Gasteiger partial charge in [-0.2, -0.15) is 0 Å². The van der Waals surface area contributed by atoms with Gasteiger partial charge in [-0.3, -0.25) is 4.90 Å². The zero-order chi connectivity index (χ0) is 17.3. The van der Waals surface area contributed by atoms with Crippen LogP contribution < -0.4 is 14.2 Å². The van der Waals surface area contributed by atoms with Gasteiger partial charge in [-0.15, -0.1) is 0 Å². The predicted octanol–water partition coefficient (Wildman–Crippen LogP) is 2.37. The van der Waals surface area contributed by atoms with Gasteiger partial charge in [0.1, 0.15) is 0 Å². The number of benzene rings is 2. The van der Waals surface area contributed by atoms with Gasteiger partial charge >= 0.3 is 0 Å². The molecule has 0 fully saturated rings. The molecule has 0 saturated heterocycles. The van der Waals surface area contributed by atoms with E-state index < -0.39 is 6.10 Å². The van der Waals surface area contributed by atoms with E-state index in [4.69, 9.17) is 14.2 Å². The van der Waals surface area contributed by atoms with E-state index in [0.29, 0.717) is 23.8 Å². The van der Waals surface area contributed by atoms with Crippen molar-refractivity contribution in [1.82, 2.24) is 4.90 Å². The molecule has 0 amide bonds. The fourth-order valence-electron chi connectivity index (χ4n) is 4.34. The van der Waals surface area contributed by atoms with Crippen LogP contribution in [0.1, 0.15) is 28.8 Å². The lowest BCUT2D eigenvalue weighted by Crippen LogP contribution is -2.38. The fraction of sp³-hybridized carbons (Fsp3) is 0.368. The molecule has 6 heteroatoms. The van der Waals surface area contributed by atoms with Crippen molar-refractivity contribution in [3.05, 3.63) is 34.9 Å². The molecular formula is C19H19NO5. The van der Waals surface area contributed by atoms with Crippen LogP contribution in [0.25, 0.3) is 11.1 Å². The Bertz CT molecular complexity index is 894. The molecule has 2 aliphatic heterocycles. The number of ether oxygens (including phenoxy) is 3. The van der Waals surface area contributed by atoms with Crippen LogP contribution in [0.4, 0.5) is 0 Å². The number of aliphatic hydroxyl groups excluding tert-OH is 1. The quantitative estimate of drug-likeness (QED) is 0.830. The highest BCUT2D eigenvalue weighted by Gasteiger charge is 2.40. The van der Waals surface area contributed by atoms with Gasteiger partial charge in [0.2, 0.25) is 6.79 Å². The van der Waals surface area contributed by atoms with Gasteiger partial charge in [0.15, 0.2) is 23.0 Å². The Morgan fingerprint density at radius 3 is 2.88 bits per heavy atom. The number of fused-ring (bicyclic) bond motifs is 4. The van der Waals surface area contributed by atoms with Gasteiger partial charge in [-0.05, 0) is 53.9 Å². The summed E-state index contributed by atoms with van der Waals surface area (Å²) in [7, 11) is 3.55. The van der Waals surface area contributed by atoms with Crippen molar-refractivity contribution in [2.24, 2.45) is 0 Å². The molecular weight excluding hydrogens is 322 g/mol. The summed E-state index contributed by atoms with van der Waals surface area (Å²) in [4.78, 5) is 2.16. The second-order valence-corrected chi connectivity index (χ2v) is 6.84. The third-order valence-corrected chi connectivity index (χ3v) is 5.51. The number of hydrogen-bond acceptors (Lipinski definition) is 6. The lowest BCUT2D eigenvalue weighted by molar-refractivity contribution is 0.0831. The van der Waals surface area contributed by atoms with Crippen molar-refractivity contribution in [2.75, 3.05) is 27.5 Å². The van der Waals surface area contributed by atoms with E-state index in [1.165, 1.54) is 7.11 Å². The number of nitrogens with zero attached hydrogens (tertiary/aromatic N) is 1. The van der Waals surface area contributed by atoms with Crippen molar-refractivity contribution in [3.63, 3.8) is 0 Å². The Kier molecular flexibility index (Phi) is 2.99. The van der Waals surface area contributed by atoms with E-state index >= 15 is 0 Å². The van der Waals surface area contributed by atoms with Crippen LogP contribution in [0, 0.1) is 0 Å².